The van der Waals surface area contributed by atoms with Gasteiger partial charge in [-0.3, -0.25) is 4.98 Å². The van der Waals surface area contributed by atoms with E-state index >= 15 is 0 Å². The zero-order valence-electron chi connectivity index (χ0n) is 13.1. The number of hydrogen-bond donors (Lipinski definition) is 0. The summed E-state index contributed by atoms with van der Waals surface area (Å²) in [5.74, 6) is 2.84. The van der Waals surface area contributed by atoms with Gasteiger partial charge in [-0.05, 0) is 25.0 Å². The van der Waals surface area contributed by atoms with E-state index in [4.69, 9.17) is 13.8 Å². The van der Waals surface area contributed by atoms with E-state index in [0.717, 1.165) is 30.8 Å². The fourth-order valence-corrected chi connectivity index (χ4v) is 2.64. The fourth-order valence-electron chi connectivity index (χ4n) is 2.64. The number of pyridine rings is 1. The molecule has 0 N–H and O–H groups in total. The van der Waals surface area contributed by atoms with E-state index in [0.29, 0.717) is 37.1 Å². The van der Waals surface area contributed by atoms with Crippen LogP contribution in [0.1, 0.15) is 36.4 Å². The lowest BCUT2D eigenvalue weighted by atomic mass is 10.1. The van der Waals surface area contributed by atoms with E-state index in [1.165, 1.54) is 0 Å². The monoisotopic (exact) mass is 327 g/mol. The minimum Gasteiger partial charge on any atom is -0.381 e. The van der Waals surface area contributed by atoms with Crippen molar-refractivity contribution in [3.63, 3.8) is 0 Å². The van der Waals surface area contributed by atoms with Crippen LogP contribution in [0.25, 0.3) is 11.4 Å². The van der Waals surface area contributed by atoms with Crippen molar-refractivity contribution in [2.75, 3.05) is 13.2 Å². The van der Waals surface area contributed by atoms with Crippen molar-refractivity contribution in [3.05, 3.63) is 42.1 Å². The van der Waals surface area contributed by atoms with Crippen molar-refractivity contribution in [3.8, 4) is 11.4 Å². The second-order valence-electron chi connectivity index (χ2n) is 5.71. The molecule has 1 aliphatic heterocycles. The van der Waals surface area contributed by atoms with E-state index < -0.39 is 0 Å². The summed E-state index contributed by atoms with van der Waals surface area (Å²) in [6.45, 7) is 1.45. The van der Waals surface area contributed by atoms with Crippen LogP contribution in [0.5, 0.6) is 0 Å². The molecule has 1 saturated heterocycles. The van der Waals surface area contributed by atoms with Gasteiger partial charge in [0.15, 0.2) is 5.82 Å². The highest BCUT2D eigenvalue weighted by atomic mass is 16.5. The summed E-state index contributed by atoms with van der Waals surface area (Å²) < 4.78 is 15.9. The molecular weight excluding hydrogens is 310 g/mol. The van der Waals surface area contributed by atoms with Gasteiger partial charge in [0.2, 0.25) is 17.6 Å². The molecule has 4 heterocycles. The molecule has 1 aliphatic rings. The Kier molecular flexibility index (Phi) is 4.28. The summed E-state index contributed by atoms with van der Waals surface area (Å²) in [5.41, 5.74) is 0.889. The highest BCUT2D eigenvalue weighted by Crippen LogP contribution is 2.22. The summed E-state index contributed by atoms with van der Waals surface area (Å²) in [6, 6.07) is 3.70. The smallest absolute Gasteiger partial charge is 0.226 e. The number of ether oxygens (including phenoxy) is 1. The van der Waals surface area contributed by atoms with Crippen LogP contribution in [-0.2, 0) is 17.6 Å². The maximum atomic E-state index is 5.35. The lowest BCUT2D eigenvalue weighted by Gasteiger charge is -1.97. The molecule has 0 aliphatic carbocycles. The van der Waals surface area contributed by atoms with Crippen molar-refractivity contribution in [2.24, 2.45) is 0 Å². The second kappa shape index (κ2) is 6.88. The van der Waals surface area contributed by atoms with Gasteiger partial charge in [-0.2, -0.15) is 9.97 Å². The molecule has 4 rings (SSSR count). The molecule has 24 heavy (non-hydrogen) atoms. The number of aromatic nitrogens is 5. The number of hydrogen-bond acceptors (Lipinski definition) is 8. The Hall–Kier alpha value is -2.61. The van der Waals surface area contributed by atoms with Gasteiger partial charge in [0.05, 0.1) is 6.61 Å². The zero-order chi connectivity index (χ0) is 16.2. The number of nitrogens with zero attached hydrogens (tertiary/aromatic N) is 5. The van der Waals surface area contributed by atoms with Gasteiger partial charge in [0, 0.05) is 43.3 Å². The molecule has 0 saturated carbocycles. The van der Waals surface area contributed by atoms with Crippen LogP contribution in [0.4, 0.5) is 0 Å². The van der Waals surface area contributed by atoms with Crippen molar-refractivity contribution in [2.45, 2.75) is 31.6 Å². The molecule has 1 atom stereocenters. The summed E-state index contributed by atoms with van der Waals surface area (Å²) in [7, 11) is 0. The lowest BCUT2D eigenvalue weighted by molar-refractivity contribution is 0.192. The van der Waals surface area contributed by atoms with Gasteiger partial charge in [-0.15, -0.1) is 0 Å². The Morgan fingerprint density at radius 1 is 1.00 bits per heavy atom. The topological polar surface area (TPSA) is 100.0 Å². The van der Waals surface area contributed by atoms with Gasteiger partial charge >= 0.3 is 0 Å². The van der Waals surface area contributed by atoms with Gasteiger partial charge < -0.3 is 13.8 Å². The first-order valence-corrected chi connectivity index (χ1v) is 8.02. The molecule has 3 aromatic rings. The summed E-state index contributed by atoms with van der Waals surface area (Å²) in [6.07, 6.45) is 6.53. The molecule has 8 heteroatoms. The molecule has 124 valence electrons. The lowest BCUT2D eigenvalue weighted by Crippen LogP contribution is -2.00. The Labute approximate surface area is 138 Å². The third kappa shape index (κ3) is 3.33. The van der Waals surface area contributed by atoms with E-state index in [9.17, 15) is 0 Å². The quantitative estimate of drug-likeness (QED) is 0.679. The van der Waals surface area contributed by atoms with Crippen LogP contribution in [-0.4, -0.2) is 38.5 Å². The predicted molar refractivity (Wildman–Crippen MR) is 82.0 cm³/mol. The van der Waals surface area contributed by atoms with Crippen LogP contribution in [0.15, 0.2) is 33.6 Å². The fraction of sp³-hybridized carbons (Fsp3) is 0.438. The van der Waals surface area contributed by atoms with Crippen molar-refractivity contribution in [1.29, 1.82) is 0 Å². The van der Waals surface area contributed by atoms with E-state index in [2.05, 4.69) is 25.3 Å². The van der Waals surface area contributed by atoms with Crippen LogP contribution in [0, 0.1) is 0 Å². The van der Waals surface area contributed by atoms with Crippen LogP contribution in [0.3, 0.4) is 0 Å². The molecular formula is C16H17N5O3. The maximum Gasteiger partial charge on any atom is 0.226 e. The Morgan fingerprint density at radius 3 is 2.58 bits per heavy atom. The average molecular weight is 327 g/mol. The molecule has 0 amide bonds. The minimum atomic E-state index is 0.265. The predicted octanol–water partition coefficient (Wildman–Crippen LogP) is 2.19. The third-order valence-electron chi connectivity index (χ3n) is 3.97. The highest BCUT2D eigenvalue weighted by Gasteiger charge is 2.23. The molecule has 0 unspecified atom stereocenters. The molecule has 1 fully saturated rings. The summed E-state index contributed by atoms with van der Waals surface area (Å²) >= 11 is 0. The average Bonchev–Trinajstić information content (AvgIpc) is 3.37. The van der Waals surface area contributed by atoms with E-state index in [1.54, 1.807) is 12.4 Å². The number of rotatable bonds is 6. The first-order valence-electron chi connectivity index (χ1n) is 8.02. The normalized spacial score (nSPS) is 17.4. The highest BCUT2D eigenvalue weighted by molar-refractivity contribution is 5.52. The Balaban J connectivity index is 1.31. The van der Waals surface area contributed by atoms with Gasteiger partial charge in [-0.25, -0.2) is 0 Å². The third-order valence-corrected chi connectivity index (χ3v) is 3.97. The first-order chi connectivity index (χ1) is 11.9. The summed E-state index contributed by atoms with van der Waals surface area (Å²) in [5, 5.41) is 8.03. The molecule has 0 aromatic carbocycles. The molecule has 3 aromatic heterocycles. The zero-order valence-corrected chi connectivity index (χ0v) is 13.1. The van der Waals surface area contributed by atoms with Crippen molar-refractivity contribution in [1.82, 2.24) is 25.3 Å². The molecule has 8 nitrogen and oxygen atoms in total. The molecule has 0 bridgehead atoms. The minimum absolute atomic E-state index is 0.265. The van der Waals surface area contributed by atoms with Crippen LogP contribution >= 0.6 is 0 Å². The van der Waals surface area contributed by atoms with Crippen LogP contribution in [0.2, 0.25) is 0 Å². The standard InChI is InChI=1S/C16H17N5O3/c1(3-14-19-16(21-24-14)12-6-9-22-10-12)2-13-18-15(20-23-13)11-4-7-17-8-5-11/h4-5,7-8,12H,1-3,6,9-10H2/t12-/m1/s1. The molecule has 0 spiro atoms. The van der Waals surface area contributed by atoms with Crippen molar-refractivity contribution < 1.29 is 13.8 Å². The SMILES string of the molecule is c1cc(-c2noc(CCCc3nc([C@@H]4CCOC4)no3)n2)ccn1. The second-order valence-corrected chi connectivity index (χ2v) is 5.71. The van der Waals surface area contributed by atoms with Gasteiger partial charge in [0.25, 0.3) is 0 Å². The van der Waals surface area contributed by atoms with E-state index in [-0.39, 0.29) is 5.92 Å². The largest absolute Gasteiger partial charge is 0.381 e. The Morgan fingerprint density at radius 2 is 1.79 bits per heavy atom. The van der Waals surface area contributed by atoms with E-state index in [1.807, 2.05) is 12.1 Å². The molecule has 0 radical (unpaired) electrons. The number of aryl methyl sites for hydroxylation is 2. The van der Waals surface area contributed by atoms with Gasteiger partial charge in [0.1, 0.15) is 0 Å². The van der Waals surface area contributed by atoms with Crippen molar-refractivity contribution >= 4 is 0 Å². The Bertz CT molecular complexity index is 780. The van der Waals surface area contributed by atoms with Crippen LogP contribution < -0.4 is 0 Å². The maximum absolute atomic E-state index is 5.35. The van der Waals surface area contributed by atoms with Gasteiger partial charge in [-0.1, -0.05) is 10.3 Å². The first kappa shape index (κ1) is 14.9. The summed E-state index contributed by atoms with van der Waals surface area (Å²) in [4.78, 5) is 12.8.